The van der Waals surface area contributed by atoms with Gasteiger partial charge in [0.05, 0.1) is 0 Å². The number of amides is 1. The molecule has 2 rings (SSSR count). The molecule has 98 valence electrons. The topological polar surface area (TPSA) is 71.2 Å². The van der Waals surface area contributed by atoms with Gasteiger partial charge in [-0.1, -0.05) is 0 Å². The summed E-state index contributed by atoms with van der Waals surface area (Å²) in [5.74, 6) is -0.0974. The lowest BCUT2D eigenvalue weighted by molar-refractivity contribution is 0.0911. The van der Waals surface area contributed by atoms with Crippen molar-refractivity contribution in [1.29, 1.82) is 0 Å². The number of piperidine rings is 1. The van der Waals surface area contributed by atoms with Gasteiger partial charge in [-0.3, -0.25) is 9.78 Å². The number of hydrogen-bond donors (Lipinski definition) is 2. The minimum atomic E-state index is -0.0974. The number of carbonyl (C=O) groups is 1. The third kappa shape index (κ3) is 3.27. The maximum Gasteiger partial charge on any atom is 0.270 e. The molecule has 1 aromatic heterocycles. The minimum absolute atomic E-state index is 0.0974. The van der Waals surface area contributed by atoms with Gasteiger partial charge in [0, 0.05) is 18.8 Å². The lowest BCUT2D eigenvalue weighted by Gasteiger charge is -2.29. The van der Waals surface area contributed by atoms with Gasteiger partial charge in [-0.15, -0.1) is 0 Å². The van der Waals surface area contributed by atoms with Gasteiger partial charge >= 0.3 is 0 Å². The van der Waals surface area contributed by atoms with Crippen molar-refractivity contribution in [2.75, 3.05) is 20.1 Å². The summed E-state index contributed by atoms with van der Waals surface area (Å²) in [7, 11) is 2.10. The molecule has 1 saturated heterocycles. The van der Waals surface area contributed by atoms with Gasteiger partial charge in [-0.25, -0.2) is 0 Å². The fourth-order valence-corrected chi connectivity index (χ4v) is 2.14. The van der Waals surface area contributed by atoms with Gasteiger partial charge in [-0.05, 0) is 50.7 Å². The highest BCUT2D eigenvalue weighted by molar-refractivity contribution is 5.92. The molecule has 0 aromatic carbocycles. The maximum atomic E-state index is 12.0. The smallest absolute Gasteiger partial charge is 0.270 e. The second-order valence-electron chi connectivity index (χ2n) is 4.80. The summed E-state index contributed by atoms with van der Waals surface area (Å²) in [6.07, 6.45) is 3.63. The molecule has 5 nitrogen and oxygen atoms in total. The summed E-state index contributed by atoms with van der Waals surface area (Å²) in [4.78, 5) is 18.4. The molecule has 1 aliphatic heterocycles. The normalized spacial score (nSPS) is 17.7. The molecule has 1 aliphatic rings. The predicted molar refractivity (Wildman–Crippen MR) is 70.1 cm³/mol. The summed E-state index contributed by atoms with van der Waals surface area (Å²) in [6, 6.07) is 3.84. The fourth-order valence-electron chi connectivity index (χ4n) is 2.14. The molecular formula is C13H20N4O. The quantitative estimate of drug-likeness (QED) is 0.810. The Balaban J connectivity index is 1.94. The first-order valence-corrected chi connectivity index (χ1v) is 6.33. The largest absolute Gasteiger partial charge is 0.348 e. The van der Waals surface area contributed by atoms with Gasteiger partial charge in [0.25, 0.3) is 5.91 Å². The Hall–Kier alpha value is -1.46. The molecule has 5 heteroatoms. The Morgan fingerprint density at radius 1 is 1.56 bits per heavy atom. The highest BCUT2D eigenvalue weighted by Gasteiger charge is 2.19. The van der Waals surface area contributed by atoms with Crippen molar-refractivity contribution >= 4 is 5.91 Å². The van der Waals surface area contributed by atoms with Crippen LogP contribution < -0.4 is 11.1 Å². The van der Waals surface area contributed by atoms with E-state index in [1.54, 1.807) is 12.3 Å². The molecule has 3 N–H and O–H groups in total. The molecule has 0 radical (unpaired) electrons. The fraction of sp³-hybridized carbons (Fsp3) is 0.538. The van der Waals surface area contributed by atoms with Gasteiger partial charge in [0.1, 0.15) is 5.69 Å². The lowest BCUT2D eigenvalue weighted by atomic mass is 10.1. The molecule has 0 saturated carbocycles. The van der Waals surface area contributed by atoms with Crippen molar-refractivity contribution < 1.29 is 4.79 Å². The summed E-state index contributed by atoms with van der Waals surface area (Å²) in [5.41, 5.74) is 6.94. The van der Waals surface area contributed by atoms with Crippen molar-refractivity contribution in [1.82, 2.24) is 15.2 Å². The number of likely N-dealkylation sites (tertiary alicyclic amines) is 1. The van der Waals surface area contributed by atoms with Crippen LogP contribution in [0, 0.1) is 0 Å². The van der Waals surface area contributed by atoms with E-state index >= 15 is 0 Å². The van der Waals surface area contributed by atoms with Gasteiger partial charge in [0.15, 0.2) is 0 Å². The Morgan fingerprint density at radius 3 is 2.94 bits per heavy atom. The van der Waals surface area contributed by atoms with Crippen LogP contribution in [0.1, 0.15) is 28.9 Å². The van der Waals surface area contributed by atoms with Crippen LogP contribution in [0.15, 0.2) is 18.3 Å². The van der Waals surface area contributed by atoms with Crippen molar-refractivity contribution in [2.45, 2.75) is 25.4 Å². The van der Waals surface area contributed by atoms with Crippen LogP contribution in [0.4, 0.5) is 0 Å². The van der Waals surface area contributed by atoms with Crippen LogP contribution in [0.25, 0.3) is 0 Å². The zero-order valence-electron chi connectivity index (χ0n) is 10.7. The number of nitrogens with two attached hydrogens (primary N) is 1. The lowest BCUT2D eigenvalue weighted by Crippen LogP contribution is -2.43. The van der Waals surface area contributed by atoms with E-state index in [0.29, 0.717) is 12.2 Å². The molecule has 1 fully saturated rings. The van der Waals surface area contributed by atoms with E-state index in [0.717, 1.165) is 31.5 Å². The summed E-state index contributed by atoms with van der Waals surface area (Å²) < 4.78 is 0. The Labute approximate surface area is 107 Å². The van der Waals surface area contributed by atoms with Crippen LogP contribution in [0.5, 0.6) is 0 Å². The van der Waals surface area contributed by atoms with Crippen LogP contribution in [-0.2, 0) is 6.54 Å². The van der Waals surface area contributed by atoms with Crippen molar-refractivity contribution in [3.8, 4) is 0 Å². The summed E-state index contributed by atoms with van der Waals surface area (Å²) in [5, 5.41) is 3.04. The highest BCUT2D eigenvalue weighted by atomic mass is 16.1. The number of rotatable bonds is 3. The van der Waals surface area contributed by atoms with E-state index < -0.39 is 0 Å². The molecule has 1 aromatic rings. The third-order valence-corrected chi connectivity index (χ3v) is 3.35. The number of hydrogen-bond acceptors (Lipinski definition) is 4. The third-order valence-electron chi connectivity index (χ3n) is 3.35. The van der Waals surface area contributed by atoms with Gasteiger partial charge in [-0.2, -0.15) is 0 Å². The molecule has 2 heterocycles. The van der Waals surface area contributed by atoms with E-state index in [9.17, 15) is 4.79 Å². The maximum absolute atomic E-state index is 12.0. The Morgan fingerprint density at radius 2 is 2.28 bits per heavy atom. The molecule has 0 atom stereocenters. The first-order valence-electron chi connectivity index (χ1n) is 6.33. The van der Waals surface area contributed by atoms with E-state index in [4.69, 9.17) is 5.73 Å². The predicted octanol–water partition coefficient (Wildman–Crippen LogP) is 0.364. The second kappa shape index (κ2) is 5.93. The summed E-state index contributed by atoms with van der Waals surface area (Å²) in [6.45, 7) is 2.49. The molecular weight excluding hydrogens is 228 g/mol. The zero-order chi connectivity index (χ0) is 13.0. The average Bonchev–Trinajstić information content (AvgIpc) is 2.41. The number of aromatic nitrogens is 1. The van der Waals surface area contributed by atoms with Crippen LogP contribution in [0.3, 0.4) is 0 Å². The van der Waals surface area contributed by atoms with Crippen molar-refractivity contribution in [3.63, 3.8) is 0 Å². The summed E-state index contributed by atoms with van der Waals surface area (Å²) >= 11 is 0. The Kier molecular flexibility index (Phi) is 4.28. The molecule has 18 heavy (non-hydrogen) atoms. The molecule has 0 unspecified atom stereocenters. The second-order valence-corrected chi connectivity index (χ2v) is 4.80. The first kappa shape index (κ1) is 13.0. The van der Waals surface area contributed by atoms with Crippen LogP contribution in [0.2, 0.25) is 0 Å². The number of nitrogens with one attached hydrogen (secondary N) is 1. The number of pyridine rings is 1. The molecule has 0 spiro atoms. The van der Waals surface area contributed by atoms with Crippen molar-refractivity contribution in [3.05, 3.63) is 29.6 Å². The van der Waals surface area contributed by atoms with Gasteiger partial charge in [0.2, 0.25) is 0 Å². The molecule has 0 aliphatic carbocycles. The van der Waals surface area contributed by atoms with E-state index in [1.807, 2.05) is 6.07 Å². The van der Waals surface area contributed by atoms with E-state index in [1.165, 1.54) is 0 Å². The van der Waals surface area contributed by atoms with Crippen LogP contribution >= 0.6 is 0 Å². The van der Waals surface area contributed by atoms with Gasteiger partial charge < -0.3 is 16.0 Å². The zero-order valence-corrected chi connectivity index (χ0v) is 10.7. The molecule has 0 bridgehead atoms. The average molecular weight is 248 g/mol. The molecule has 1 amide bonds. The monoisotopic (exact) mass is 248 g/mol. The van der Waals surface area contributed by atoms with E-state index in [-0.39, 0.29) is 11.9 Å². The standard InChI is InChI=1S/C13H20N4O/c1-17-6-3-11(4-7-17)16-13(18)12-8-10(9-14)2-5-15-12/h2,5,8,11H,3-4,6-7,9,14H2,1H3,(H,16,18). The van der Waals surface area contributed by atoms with E-state index in [2.05, 4.69) is 22.2 Å². The minimum Gasteiger partial charge on any atom is -0.348 e. The Bertz CT molecular complexity index is 413. The number of nitrogens with zero attached hydrogens (tertiary/aromatic N) is 2. The van der Waals surface area contributed by atoms with Crippen molar-refractivity contribution in [2.24, 2.45) is 5.73 Å². The highest BCUT2D eigenvalue weighted by Crippen LogP contribution is 2.09. The number of carbonyl (C=O) groups excluding carboxylic acids is 1. The first-order chi connectivity index (χ1) is 8.69. The SMILES string of the molecule is CN1CCC(NC(=O)c2cc(CN)ccn2)CC1. The van der Waals surface area contributed by atoms with Crippen LogP contribution in [-0.4, -0.2) is 42.0 Å².